The van der Waals surface area contributed by atoms with Crippen LogP contribution >= 0.6 is 0 Å². The lowest BCUT2D eigenvalue weighted by Crippen LogP contribution is -2.20. The number of nitrogens with one attached hydrogen (secondary N) is 1. The Morgan fingerprint density at radius 2 is 1.94 bits per heavy atom. The van der Waals surface area contributed by atoms with Crippen LogP contribution in [-0.4, -0.2) is 4.98 Å². The monoisotopic (exact) mass is 237 g/mol. The second kappa shape index (κ2) is 5.95. The van der Waals surface area contributed by atoms with Gasteiger partial charge in [0.15, 0.2) is 0 Å². The van der Waals surface area contributed by atoms with Crippen molar-refractivity contribution in [2.45, 2.75) is 19.5 Å². The standard InChI is InChI=1S/C15H15N3/c1-12-4-2-3-5-14(12)15(10-16)18-11-13-6-8-17-9-7-13/h2-9,15,18H,11H2,1H3. The second-order valence-corrected chi connectivity index (χ2v) is 4.16. The summed E-state index contributed by atoms with van der Waals surface area (Å²) in [7, 11) is 0. The smallest absolute Gasteiger partial charge is 0.121 e. The lowest BCUT2D eigenvalue weighted by Gasteiger charge is -2.14. The molecule has 2 rings (SSSR count). The predicted molar refractivity (Wildman–Crippen MR) is 70.6 cm³/mol. The van der Waals surface area contributed by atoms with Crippen LogP contribution in [0.1, 0.15) is 22.7 Å². The zero-order valence-electron chi connectivity index (χ0n) is 10.3. The maximum atomic E-state index is 9.26. The summed E-state index contributed by atoms with van der Waals surface area (Å²) in [5, 5.41) is 12.5. The van der Waals surface area contributed by atoms with Crippen LogP contribution < -0.4 is 5.32 Å². The minimum absolute atomic E-state index is 0.278. The number of hydrogen-bond acceptors (Lipinski definition) is 3. The molecule has 3 heteroatoms. The fourth-order valence-corrected chi connectivity index (χ4v) is 1.86. The Morgan fingerprint density at radius 3 is 2.61 bits per heavy atom. The first-order valence-corrected chi connectivity index (χ1v) is 5.88. The van der Waals surface area contributed by atoms with Crippen molar-refractivity contribution in [2.24, 2.45) is 0 Å². The van der Waals surface area contributed by atoms with E-state index in [0.29, 0.717) is 6.54 Å². The van der Waals surface area contributed by atoms with Gasteiger partial charge in [0, 0.05) is 18.9 Å². The highest BCUT2D eigenvalue weighted by Gasteiger charge is 2.11. The van der Waals surface area contributed by atoms with Gasteiger partial charge in [0.05, 0.1) is 6.07 Å². The van der Waals surface area contributed by atoms with Gasteiger partial charge < -0.3 is 0 Å². The predicted octanol–water partition coefficient (Wildman–Crippen LogP) is 2.74. The van der Waals surface area contributed by atoms with Crippen molar-refractivity contribution in [3.05, 3.63) is 65.5 Å². The van der Waals surface area contributed by atoms with Gasteiger partial charge in [-0.3, -0.25) is 10.3 Å². The van der Waals surface area contributed by atoms with Crippen molar-refractivity contribution in [1.82, 2.24) is 10.3 Å². The van der Waals surface area contributed by atoms with Crippen molar-refractivity contribution in [1.29, 1.82) is 5.26 Å². The summed E-state index contributed by atoms with van der Waals surface area (Å²) >= 11 is 0. The molecule has 18 heavy (non-hydrogen) atoms. The molecule has 90 valence electrons. The number of nitriles is 1. The van der Waals surface area contributed by atoms with E-state index < -0.39 is 0 Å². The highest BCUT2D eigenvalue weighted by Crippen LogP contribution is 2.17. The molecule has 1 atom stereocenters. The average Bonchev–Trinajstić information content (AvgIpc) is 2.42. The van der Waals surface area contributed by atoms with Crippen LogP contribution in [0.2, 0.25) is 0 Å². The molecule has 1 N–H and O–H groups in total. The second-order valence-electron chi connectivity index (χ2n) is 4.16. The van der Waals surface area contributed by atoms with Crippen molar-refractivity contribution < 1.29 is 0 Å². The van der Waals surface area contributed by atoms with E-state index in [1.807, 2.05) is 43.3 Å². The van der Waals surface area contributed by atoms with Gasteiger partial charge in [-0.1, -0.05) is 24.3 Å². The Balaban J connectivity index is 2.08. The molecule has 1 heterocycles. The van der Waals surface area contributed by atoms with Gasteiger partial charge in [0.1, 0.15) is 6.04 Å². The molecule has 3 nitrogen and oxygen atoms in total. The topological polar surface area (TPSA) is 48.7 Å². The van der Waals surface area contributed by atoms with Crippen LogP contribution in [0.4, 0.5) is 0 Å². The van der Waals surface area contributed by atoms with Crippen LogP contribution in [0.15, 0.2) is 48.8 Å². The van der Waals surface area contributed by atoms with Gasteiger partial charge in [-0.2, -0.15) is 5.26 Å². The van der Waals surface area contributed by atoms with E-state index in [2.05, 4.69) is 16.4 Å². The van der Waals surface area contributed by atoms with Gasteiger partial charge in [0.25, 0.3) is 0 Å². The van der Waals surface area contributed by atoms with E-state index in [4.69, 9.17) is 0 Å². The Labute approximate surface area is 107 Å². The number of hydrogen-bond donors (Lipinski definition) is 1. The number of nitrogens with zero attached hydrogens (tertiary/aromatic N) is 2. The van der Waals surface area contributed by atoms with E-state index in [0.717, 1.165) is 16.7 Å². The highest BCUT2D eigenvalue weighted by atomic mass is 14.9. The molecule has 0 aliphatic rings. The third-order valence-electron chi connectivity index (χ3n) is 2.89. The van der Waals surface area contributed by atoms with E-state index >= 15 is 0 Å². The molecular weight excluding hydrogens is 222 g/mol. The lowest BCUT2D eigenvalue weighted by atomic mass is 10.0. The first-order chi connectivity index (χ1) is 8.81. The van der Waals surface area contributed by atoms with Crippen LogP contribution in [0.25, 0.3) is 0 Å². The quantitative estimate of drug-likeness (QED) is 0.889. The fourth-order valence-electron chi connectivity index (χ4n) is 1.86. The van der Waals surface area contributed by atoms with E-state index in [1.54, 1.807) is 12.4 Å². The molecule has 1 aromatic heterocycles. The summed E-state index contributed by atoms with van der Waals surface area (Å²) in [5.41, 5.74) is 3.29. The Morgan fingerprint density at radius 1 is 1.22 bits per heavy atom. The summed E-state index contributed by atoms with van der Waals surface area (Å²) in [6, 6.07) is 13.9. The minimum Gasteiger partial charge on any atom is -0.294 e. The molecule has 0 aliphatic heterocycles. The maximum Gasteiger partial charge on any atom is 0.121 e. The van der Waals surface area contributed by atoms with Crippen LogP contribution in [0, 0.1) is 18.3 Å². The molecule has 1 aromatic carbocycles. The molecule has 0 bridgehead atoms. The first-order valence-electron chi connectivity index (χ1n) is 5.88. The number of rotatable bonds is 4. The van der Waals surface area contributed by atoms with Gasteiger partial charge in [-0.25, -0.2) is 0 Å². The van der Waals surface area contributed by atoms with Crippen LogP contribution in [-0.2, 0) is 6.54 Å². The maximum absolute atomic E-state index is 9.26. The summed E-state index contributed by atoms with van der Waals surface area (Å²) in [4.78, 5) is 3.97. The van der Waals surface area contributed by atoms with Gasteiger partial charge in [-0.05, 0) is 35.7 Å². The fraction of sp³-hybridized carbons (Fsp3) is 0.200. The Kier molecular flexibility index (Phi) is 4.06. The van der Waals surface area contributed by atoms with E-state index in [-0.39, 0.29) is 6.04 Å². The minimum atomic E-state index is -0.278. The van der Waals surface area contributed by atoms with Crippen molar-refractivity contribution in [3.8, 4) is 6.07 Å². The highest BCUT2D eigenvalue weighted by molar-refractivity contribution is 5.32. The summed E-state index contributed by atoms with van der Waals surface area (Å²) in [6.07, 6.45) is 3.51. The van der Waals surface area contributed by atoms with Crippen molar-refractivity contribution in [2.75, 3.05) is 0 Å². The lowest BCUT2D eigenvalue weighted by molar-refractivity contribution is 0.627. The Bertz CT molecular complexity index is 543. The first kappa shape index (κ1) is 12.3. The Hall–Kier alpha value is -2.18. The molecule has 0 aliphatic carbocycles. The van der Waals surface area contributed by atoms with Gasteiger partial charge >= 0.3 is 0 Å². The SMILES string of the molecule is Cc1ccccc1C(C#N)NCc1ccncc1. The largest absolute Gasteiger partial charge is 0.294 e. The third kappa shape index (κ3) is 2.93. The number of aryl methyl sites for hydroxylation is 1. The summed E-state index contributed by atoms with van der Waals surface area (Å²) in [6.45, 7) is 2.68. The normalized spacial score (nSPS) is 11.8. The van der Waals surface area contributed by atoms with Gasteiger partial charge in [-0.15, -0.1) is 0 Å². The van der Waals surface area contributed by atoms with Crippen LogP contribution in [0.3, 0.4) is 0 Å². The number of aromatic nitrogens is 1. The zero-order valence-corrected chi connectivity index (χ0v) is 10.3. The van der Waals surface area contributed by atoms with E-state index in [9.17, 15) is 5.26 Å². The molecule has 0 saturated carbocycles. The molecule has 0 spiro atoms. The molecule has 2 aromatic rings. The van der Waals surface area contributed by atoms with Crippen molar-refractivity contribution >= 4 is 0 Å². The van der Waals surface area contributed by atoms with Crippen molar-refractivity contribution in [3.63, 3.8) is 0 Å². The average molecular weight is 237 g/mol. The van der Waals surface area contributed by atoms with Gasteiger partial charge in [0.2, 0.25) is 0 Å². The number of pyridine rings is 1. The molecule has 0 saturated heterocycles. The zero-order chi connectivity index (χ0) is 12.8. The molecule has 0 amide bonds. The molecule has 0 radical (unpaired) electrons. The molecular formula is C15H15N3. The van der Waals surface area contributed by atoms with E-state index in [1.165, 1.54) is 0 Å². The third-order valence-corrected chi connectivity index (χ3v) is 2.89. The summed E-state index contributed by atoms with van der Waals surface area (Å²) < 4.78 is 0. The van der Waals surface area contributed by atoms with Crippen LogP contribution in [0.5, 0.6) is 0 Å². The molecule has 0 fully saturated rings. The molecule has 1 unspecified atom stereocenters. The summed E-state index contributed by atoms with van der Waals surface area (Å²) in [5.74, 6) is 0. The number of benzene rings is 1.